The van der Waals surface area contributed by atoms with Gasteiger partial charge in [-0.1, -0.05) is 6.07 Å². The van der Waals surface area contributed by atoms with Crippen molar-refractivity contribution in [2.45, 2.75) is 58.2 Å². The van der Waals surface area contributed by atoms with Crippen LogP contribution in [0.25, 0.3) is 0 Å². The molecule has 7 nitrogen and oxygen atoms in total. The molecule has 1 amide bonds. The highest BCUT2D eigenvalue weighted by atomic mass is 16.3. The van der Waals surface area contributed by atoms with Gasteiger partial charge in [-0.25, -0.2) is 4.98 Å². The van der Waals surface area contributed by atoms with E-state index in [4.69, 9.17) is 4.98 Å². The standard InChI is InChI=1S/C26H37N5O2/c1-19-4-5-20(14-23(19)32)25(33)30-17-26(18-30)9-6-21(7-10-26)29-11-8-24-27-15-22(16-28(2)3)31(24)13-12-29/h4-5,14-15,21,32H,6-13,16-18H2,1-3H3. The van der Waals surface area contributed by atoms with E-state index in [9.17, 15) is 9.90 Å². The van der Waals surface area contributed by atoms with Crippen molar-refractivity contribution in [3.63, 3.8) is 0 Å². The van der Waals surface area contributed by atoms with Gasteiger partial charge in [0.1, 0.15) is 11.6 Å². The number of imidazole rings is 1. The SMILES string of the molecule is Cc1ccc(C(=O)N2CC3(CCC(N4CCc5ncc(CN(C)C)n5CC4)CC3)C2)cc1O. The lowest BCUT2D eigenvalue weighted by molar-refractivity contribution is -0.0313. The van der Waals surface area contributed by atoms with Crippen LogP contribution in [0.5, 0.6) is 5.75 Å². The van der Waals surface area contributed by atoms with Gasteiger partial charge in [-0.2, -0.15) is 0 Å². The highest BCUT2D eigenvalue weighted by molar-refractivity contribution is 5.95. The number of carbonyl (C=O) groups excluding carboxylic acids is 1. The van der Waals surface area contributed by atoms with Crippen molar-refractivity contribution in [1.29, 1.82) is 0 Å². The number of benzene rings is 1. The molecule has 0 unspecified atom stereocenters. The van der Waals surface area contributed by atoms with E-state index in [0.717, 1.165) is 51.3 Å². The Bertz CT molecular complexity index is 1010. The summed E-state index contributed by atoms with van der Waals surface area (Å²) in [7, 11) is 4.22. The van der Waals surface area contributed by atoms with Crippen LogP contribution in [0, 0.1) is 12.3 Å². The van der Waals surface area contributed by atoms with Gasteiger partial charge in [0, 0.05) is 68.9 Å². The number of aromatic nitrogens is 2. The minimum atomic E-state index is 0.0496. The van der Waals surface area contributed by atoms with Crippen molar-refractivity contribution < 1.29 is 9.90 Å². The largest absolute Gasteiger partial charge is 0.508 e. The number of phenols is 1. The molecule has 1 aromatic carbocycles. The van der Waals surface area contributed by atoms with E-state index in [1.54, 1.807) is 6.07 Å². The zero-order valence-electron chi connectivity index (χ0n) is 20.3. The van der Waals surface area contributed by atoms with Gasteiger partial charge in [0.05, 0.1) is 5.69 Å². The molecule has 0 radical (unpaired) electrons. The first kappa shape index (κ1) is 22.4. The molecule has 2 aromatic rings. The number of hydrogen-bond donors (Lipinski definition) is 1. The monoisotopic (exact) mass is 451 g/mol. The number of likely N-dealkylation sites (tertiary alicyclic amines) is 1. The van der Waals surface area contributed by atoms with Crippen LogP contribution in [-0.2, 0) is 19.5 Å². The van der Waals surface area contributed by atoms with Gasteiger partial charge in [-0.15, -0.1) is 0 Å². The third-order valence-corrected chi connectivity index (χ3v) is 8.06. The van der Waals surface area contributed by atoms with E-state index in [2.05, 4.69) is 34.7 Å². The number of aromatic hydroxyl groups is 1. The van der Waals surface area contributed by atoms with E-state index in [1.165, 1.54) is 37.2 Å². The number of nitrogens with zero attached hydrogens (tertiary/aromatic N) is 5. The molecule has 2 aliphatic heterocycles. The molecule has 1 N–H and O–H groups in total. The molecule has 5 rings (SSSR count). The first-order valence-corrected chi connectivity index (χ1v) is 12.3. The van der Waals surface area contributed by atoms with Crippen molar-refractivity contribution in [3.8, 4) is 5.75 Å². The minimum Gasteiger partial charge on any atom is -0.508 e. The predicted molar refractivity (Wildman–Crippen MR) is 128 cm³/mol. The number of phenolic OH excluding ortho intramolecular Hbond substituents is 1. The van der Waals surface area contributed by atoms with E-state index in [0.29, 0.717) is 17.0 Å². The first-order valence-electron chi connectivity index (χ1n) is 12.3. The van der Waals surface area contributed by atoms with Crippen LogP contribution in [0.15, 0.2) is 24.4 Å². The van der Waals surface area contributed by atoms with Crippen LogP contribution in [0.2, 0.25) is 0 Å². The minimum absolute atomic E-state index is 0.0496. The summed E-state index contributed by atoms with van der Waals surface area (Å²) in [5.41, 5.74) is 3.02. The number of carbonyl (C=O) groups is 1. The Labute approximate surface area is 197 Å². The molecule has 2 fully saturated rings. The summed E-state index contributed by atoms with van der Waals surface area (Å²) >= 11 is 0. The Morgan fingerprint density at radius 2 is 1.94 bits per heavy atom. The Kier molecular flexibility index (Phi) is 5.95. The summed E-state index contributed by atoms with van der Waals surface area (Å²) in [6.07, 6.45) is 7.93. The fraction of sp³-hybridized carbons (Fsp3) is 0.615. The number of rotatable bonds is 4. The molecular formula is C26H37N5O2. The smallest absolute Gasteiger partial charge is 0.254 e. The third-order valence-electron chi connectivity index (χ3n) is 8.06. The van der Waals surface area contributed by atoms with Gasteiger partial charge in [-0.05, 0) is 64.4 Å². The Hall–Kier alpha value is -2.38. The van der Waals surface area contributed by atoms with Crippen molar-refractivity contribution in [2.75, 3.05) is 40.3 Å². The molecule has 33 heavy (non-hydrogen) atoms. The molecule has 1 saturated carbocycles. The fourth-order valence-electron chi connectivity index (χ4n) is 6.05. The number of aryl methyl sites for hydroxylation is 1. The normalized spacial score (nSPS) is 21.2. The summed E-state index contributed by atoms with van der Waals surface area (Å²) < 4.78 is 2.43. The molecule has 0 atom stereocenters. The average Bonchev–Trinajstić information content (AvgIpc) is 3.01. The molecule has 3 aliphatic rings. The van der Waals surface area contributed by atoms with Crippen molar-refractivity contribution in [1.82, 2.24) is 24.3 Å². The molecule has 1 aliphatic carbocycles. The topological polar surface area (TPSA) is 64.8 Å². The highest BCUT2D eigenvalue weighted by Crippen LogP contribution is 2.45. The summed E-state index contributed by atoms with van der Waals surface area (Å²) in [6.45, 7) is 7.73. The molecule has 178 valence electrons. The summed E-state index contributed by atoms with van der Waals surface area (Å²) in [4.78, 5) is 24.4. The summed E-state index contributed by atoms with van der Waals surface area (Å²) in [5.74, 6) is 1.48. The number of amides is 1. The van der Waals surface area contributed by atoms with Gasteiger partial charge in [0.2, 0.25) is 0 Å². The van der Waals surface area contributed by atoms with Crippen molar-refractivity contribution in [2.24, 2.45) is 5.41 Å². The Balaban J connectivity index is 1.13. The maximum Gasteiger partial charge on any atom is 0.254 e. The van der Waals surface area contributed by atoms with Crippen LogP contribution in [0.4, 0.5) is 0 Å². The second-order valence-corrected chi connectivity index (χ2v) is 10.7. The summed E-state index contributed by atoms with van der Waals surface area (Å²) in [5, 5.41) is 9.95. The van der Waals surface area contributed by atoms with Gasteiger partial charge in [0.15, 0.2) is 0 Å². The lowest BCUT2D eigenvalue weighted by atomic mass is 9.67. The third kappa shape index (κ3) is 4.41. The van der Waals surface area contributed by atoms with Gasteiger partial charge in [0.25, 0.3) is 5.91 Å². The van der Waals surface area contributed by atoms with Crippen LogP contribution in [-0.4, -0.2) is 81.6 Å². The second-order valence-electron chi connectivity index (χ2n) is 10.7. The average molecular weight is 452 g/mol. The van der Waals surface area contributed by atoms with Gasteiger partial charge in [-0.3, -0.25) is 9.69 Å². The predicted octanol–water partition coefficient (Wildman–Crippen LogP) is 2.90. The number of hydrogen-bond acceptors (Lipinski definition) is 5. The van der Waals surface area contributed by atoms with E-state index in [-0.39, 0.29) is 11.7 Å². The van der Waals surface area contributed by atoms with Crippen LogP contribution < -0.4 is 0 Å². The van der Waals surface area contributed by atoms with E-state index in [1.807, 2.05) is 24.0 Å². The highest BCUT2D eigenvalue weighted by Gasteiger charge is 2.47. The summed E-state index contributed by atoms with van der Waals surface area (Å²) in [6, 6.07) is 5.90. The molecule has 0 bridgehead atoms. The first-order chi connectivity index (χ1) is 15.8. The second kappa shape index (κ2) is 8.76. The van der Waals surface area contributed by atoms with Crippen molar-refractivity contribution >= 4 is 5.91 Å². The fourth-order valence-corrected chi connectivity index (χ4v) is 6.05. The van der Waals surface area contributed by atoms with Gasteiger partial charge < -0.3 is 19.5 Å². The lowest BCUT2D eigenvalue weighted by Crippen LogP contribution is -2.60. The van der Waals surface area contributed by atoms with Crippen LogP contribution >= 0.6 is 0 Å². The quantitative estimate of drug-likeness (QED) is 0.774. The van der Waals surface area contributed by atoms with Crippen LogP contribution in [0.3, 0.4) is 0 Å². The van der Waals surface area contributed by atoms with E-state index < -0.39 is 0 Å². The van der Waals surface area contributed by atoms with Crippen molar-refractivity contribution in [3.05, 3.63) is 47.0 Å². The molecule has 1 saturated heterocycles. The number of fused-ring (bicyclic) bond motifs is 1. The molecule has 1 spiro atoms. The maximum atomic E-state index is 12.8. The zero-order chi connectivity index (χ0) is 23.2. The van der Waals surface area contributed by atoms with Crippen LogP contribution in [0.1, 0.15) is 53.1 Å². The maximum absolute atomic E-state index is 12.8. The molecule has 1 aromatic heterocycles. The Morgan fingerprint density at radius 1 is 1.18 bits per heavy atom. The molecular weight excluding hydrogens is 414 g/mol. The molecule has 7 heteroatoms. The van der Waals surface area contributed by atoms with Gasteiger partial charge >= 0.3 is 0 Å². The van der Waals surface area contributed by atoms with E-state index >= 15 is 0 Å². The zero-order valence-corrected chi connectivity index (χ0v) is 20.3. The molecule has 3 heterocycles. The Morgan fingerprint density at radius 3 is 2.64 bits per heavy atom. The lowest BCUT2D eigenvalue weighted by Gasteiger charge is -2.54.